The molecule has 0 aliphatic rings. The summed E-state index contributed by atoms with van der Waals surface area (Å²) in [5.41, 5.74) is 1.14. The van der Waals surface area contributed by atoms with Crippen molar-refractivity contribution >= 4 is 57.7 Å². The molecule has 1 heterocycles. The van der Waals surface area contributed by atoms with E-state index >= 15 is 0 Å². The van der Waals surface area contributed by atoms with E-state index in [-0.39, 0.29) is 23.9 Å². The van der Waals surface area contributed by atoms with Gasteiger partial charge in [-0.05, 0) is 24.4 Å². The molecule has 0 amide bonds. The van der Waals surface area contributed by atoms with Crippen LogP contribution in [-0.4, -0.2) is 28.9 Å². The number of hydrogen-bond donors (Lipinski definition) is 1. The maximum absolute atomic E-state index is 4.98. The van der Waals surface area contributed by atoms with Crippen molar-refractivity contribution < 1.29 is 0 Å². The molecule has 4 heteroatoms. The van der Waals surface area contributed by atoms with E-state index < -0.39 is 0 Å². The van der Waals surface area contributed by atoms with E-state index in [1.165, 1.54) is 4.70 Å². The Morgan fingerprint density at radius 2 is 2.00 bits per heavy atom. The van der Waals surface area contributed by atoms with Gasteiger partial charge in [0.1, 0.15) is 0 Å². The van der Waals surface area contributed by atoms with Gasteiger partial charge in [0.2, 0.25) is 0 Å². The summed E-state index contributed by atoms with van der Waals surface area (Å²) in [4.78, 5) is 3.09. The van der Waals surface area contributed by atoms with E-state index in [4.69, 9.17) is 12.2 Å². The van der Waals surface area contributed by atoms with Crippen LogP contribution in [0.2, 0.25) is 0 Å². The van der Waals surface area contributed by atoms with Gasteiger partial charge in [0.05, 0.1) is 10.2 Å². The van der Waals surface area contributed by atoms with E-state index in [1.807, 2.05) is 18.2 Å². The van der Waals surface area contributed by atoms with Crippen molar-refractivity contribution in [2.45, 2.75) is 0 Å². The summed E-state index contributed by atoms with van der Waals surface area (Å²) >= 11 is 6.59. The Bertz CT molecular complexity index is 368. The smallest absolute Gasteiger partial charge is 0.159 e. The standard InChI is InChI=1S/C7H5NS2.Sn/c9-7-8-5-3-1-2-4-6(5)10-7;/h1-4H,(H,8,9);. The van der Waals surface area contributed by atoms with Crippen molar-refractivity contribution in [2.24, 2.45) is 0 Å². The zero-order valence-electron chi connectivity index (χ0n) is 5.63. The average Bonchev–Trinajstić information content (AvgIpc) is 2.27. The molecule has 54 valence electrons. The Balaban J connectivity index is 0.000000605. The molecule has 0 unspecified atom stereocenters. The number of nitrogens with one attached hydrogen (secondary N) is 1. The summed E-state index contributed by atoms with van der Waals surface area (Å²) in [5, 5.41) is 0. The number of rotatable bonds is 0. The third-order valence-electron chi connectivity index (χ3n) is 1.33. The topological polar surface area (TPSA) is 15.8 Å². The van der Waals surface area contributed by atoms with E-state index in [0.29, 0.717) is 0 Å². The molecule has 1 aromatic carbocycles. The summed E-state index contributed by atoms with van der Waals surface area (Å²) in [6.45, 7) is 0. The first-order valence-electron chi connectivity index (χ1n) is 2.94. The van der Waals surface area contributed by atoms with E-state index in [9.17, 15) is 0 Å². The molecule has 2 aromatic rings. The Hall–Kier alpha value is 0.129. The average molecular weight is 286 g/mol. The normalized spacial score (nSPS) is 9.45. The molecule has 4 radical (unpaired) electrons. The van der Waals surface area contributed by atoms with Crippen LogP contribution in [0, 0.1) is 3.95 Å². The van der Waals surface area contributed by atoms with Gasteiger partial charge in [0.25, 0.3) is 0 Å². The van der Waals surface area contributed by atoms with Crippen molar-refractivity contribution in [3.05, 3.63) is 28.2 Å². The Morgan fingerprint density at radius 3 is 2.73 bits per heavy atom. The monoisotopic (exact) mass is 287 g/mol. The first-order valence-corrected chi connectivity index (χ1v) is 4.16. The maximum atomic E-state index is 4.98. The molecule has 0 atom stereocenters. The van der Waals surface area contributed by atoms with Gasteiger partial charge in [-0.25, -0.2) is 0 Å². The number of aromatic nitrogens is 1. The van der Waals surface area contributed by atoms with Crippen LogP contribution in [0.4, 0.5) is 0 Å². The molecular weight excluding hydrogens is 281 g/mol. The SMILES string of the molecule is S=c1[nH]c2ccccc2s1.[Sn]. The van der Waals surface area contributed by atoms with Gasteiger partial charge in [-0.2, -0.15) is 0 Å². The Kier molecular flexibility index (Phi) is 3.09. The predicted molar refractivity (Wildman–Crippen MR) is 52.8 cm³/mol. The summed E-state index contributed by atoms with van der Waals surface area (Å²) in [6, 6.07) is 8.11. The van der Waals surface area contributed by atoms with E-state index in [2.05, 4.69) is 11.1 Å². The minimum atomic E-state index is 0. The van der Waals surface area contributed by atoms with Gasteiger partial charge in [0.15, 0.2) is 3.95 Å². The fourth-order valence-corrected chi connectivity index (χ4v) is 2.01. The van der Waals surface area contributed by atoms with Crippen LogP contribution in [-0.2, 0) is 0 Å². The van der Waals surface area contributed by atoms with Crippen LogP contribution in [0.3, 0.4) is 0 Å². The van der Waals surface area contributed by atoms with Crippen molar-refractivity contribution in [1.82, 2.24) is 4.98 Å². The number of thiazole rings is 1. The zero-order valence-corrected chi connectivity index (χ0v) is 10.1. The molecule has 1 aromatic heterocycles. The van der Waals surface area contributed by atoms with Crippen LogP contribution in [0.15, 0.2) is 24.3 Å². The fraction of sp³-hybridized carbons (Fsp3) is 0. The van der Waals surface area contributed by atoms with Crippen molar-refractivity contribution in [3.8, 4) is 0 Å². The Labute approximate surface area is 90.4 Å². The molecule has 2 rings (SSSR count). The zero-order chi connectivity index (χ0) is 6.97. The van der Waals surface area contributed by atoms with Crippen molar-refractivity contribution in [3.63, 3.8) is 0 Å². The van der Waals surface area contributed by atoms with Crippen molar-refractivity contribution in [2.75, 3.05) is 0 Å². The number of aromatic amines is 1. The quantitative estimate of drug-likeness (QED) is 0.581. The summed E-state index contributed by atoms with van der Waals surface area (Å²) in [5.74, 6) is 0. The van der Waals surface area contributed by atoms with E-state index in [1.54, 1.807) is 11.3 Å². The second-order valence-corrected chi connectivity index (χ2v) is 3.73. The molecular formula is C7H5NS2Sn. The molecule has 0 bridgehead atoms. The predicted octanol–water partition coefficient (Wildman–Crippen LogP) is 2.58. The summed E-state index contributed by atoms with van der Waals surface area (Å²) in [6.07, 6.45) is 0. The van der Waals surface area contributed by atoms with Gasteiger partial charge in [-0.15, -0.1) is 11.3 Å². The number of benzene rings is 1. The molecule has 0 fully saturated rings. The molecule has 1 N–H and O–H groups in total. The fourth-order valence-electron chi connectivity index (χ4n) is 0.894. The van der Waals surface area contributed by atoms with Crippen LogP contribution in [0.1, 0.15) is 0 Å². The number of para-hydroxylation sites is 1. The Morgan fingerprint density at radius 1 is 1.27 bits per heavy atom. The number of H-pyrrole nitrogens is 1. The molecule has 0 saturated carbocycles. The van der Waals surface area contributed by atoms with Gasteiger partial charge in [-0.3, -0.25) is 0 Å². The first-order chi connectivity index (χ1) is 4.86. The molecule has 1 nitrogen and oxygen atoms in total. The molecule has 0 saturated heterocycles. The van der Waals surface area contributed by atoms with Crippen LogP contribution >= 0.6 is 23.6 Å². The second-order valence-electron chi connectivity index (χ2n) is 2.01. The summed E-state index contributed by atoms with van der Waals surface area (Å²) in [7, 11) is 0. The van der Waals surface area contributed by atoms with Crippen molar-refractivity contribution in [1.29, 1.82) is 0 Å². The van der Waals surface area contributed by atoms with Gasteiger partial charge >= 0.3 is 0 Å². The third kappa shape index (κ3) is 1.83. The third-order valence-corrected chi connectivity index (χ3v) is 2.54. The van der Waals surface area contributed by atoms with Gasteiger partial charge in [-0.1, -0.05) is 12.1 Å². The molecule has 11 heavy (non-hydrogen) atoms. The van der Waals surface area contributed by atoms with Crippen LogP contribution in [0.5, 0.6) is 0 Å². The van der Waals surface area contributed by atoms with Crippen LogP contribution in [0.25, 0.3) is 10.2 Å². The maximum Gasteiger partial charge on any atom is 0.159 e. The summed E-state index contributed by atoms with van der Waals surface area (Å²) < 4.78 is 2.08. The minimum absolute atomic E-state index is 0. The molecule has 0 spiro atoms. The second kappa shape index (κ2) is 3.69. The number of fused-ring (bicyclic) bond motifs is 1. The minimum Gasteiger partial charge on any atom is -0.337 e. The van der Waals surface area contributed by atoms with Crippen LogP contribution < -0.4 is 0 Å². The first kappa shape index (κ1) is 9.22. The van der Waals surface area contributed by atoms with Gasteiger partial charge in [0, 0.05) is 23.9 Å². The molecule has 0 aliphatic carbocycles. The van der Waals surface area contributed by atoms with Gasteiger partial charge < -0.3 is 4.98 Å². The largest absolute Gasteiger partial charge is 0.337 e. The molecule has 0 aliphatic heterocycles. The van der Waals surface area contributed by atoms with E-state index in [0.717, 1.165) is 9.47 Å². The number of hydrogen-bond acceptors (Lipinski definition) is 2.